The van der Waals surface area contributed by atoms with E-state index in [2.05, 4.69) is 10.2 Å². The maximum Gasteiger partial charge on any atom is 0.412 e. The van der Waals surface area contributed by atoms with Crippen LogP contribution in [0.4, 0.5) is 10.5 Å². The number of benzene rings is 1. The highest BCUT2D eigenvalue weighted by Gasteiger charge is 2.19. The number of ether oxygens (including phenoxy) is 1. The minimum absolute atomic E-state index is 0.0551. The maximum atomic E-state index is 11.2. The van der Waals surface area contributed by atoms with Gasteiger partial charge in [0.25, 0.3) is 0 Å². The summed E-state index contributed by atoms with van der Waals surface area (Å²) in [5.41, 5.74) is 0.887. The lowest BCUT2D eigenvalue weighted by Crippen LogP contribution is -2.29. The number of aromatic nitrogens is 2. The summed E-state index contributed by atoms with van der Waals surface area (Å²) in [6.45, 7) is 3.51. The van der Waals surface area contributed by atoms with Crippen LogP contribution in [0.2, 0.25) is 15.2 Å². The van der Waals surface area contributed by atoms with Crippen LogP contribution in [0.1, 0.15) is 25.3 Å². The summed E-state index contributed by atoms with van der Waals surface area (Å²) in [6.07, 6.45) is -1.31. The standard InChI is InChI=1S/C16H13Cl3N4O3/c1-8(2)10-7-13(21-22-15(10)19)26-14-11(17)5-9(6-12(14)18)23(4-3-20)16(24)25/h5-8H,4H2,1-2H3,(H,24,25). The van der Waals surface area contributed by atoms with Crippen LogP contribution in [0.15, 0.2) is 18.2 Å². The monoisotopic (exact) mass is 414 g/mol. The number of halogens is 3. The van der Waals surface area contributed by atoms with Gasteiger partial charge in [0.2, 0.25) is 5.88 Å². The van der Waals surface area contributed by atoms with Gasteiger partial charge in [0.05, 0.1) is 21.8 Å². The van der Waals surface area contributed by atoms with Gasteiger partial charge < -0.3 is 9.84 Å². The van der Waals surface area contributed by atoms with E-state index in [1.54, 1.807) is 12.1 Å². The van der Waals surface area contributed by atoms with Crippen LogP contribution in [0.5, 0.6) is 11.6 Å². The largest absolute Gasteiger partial charge is 0.465 e. The summed E-state index contributed by atoms with van der Waals surface area (Å²) in [5, 5.41) is 26.0. The molecule has 0 aliphatic carbocycles. The van der Waals surface area contributed by atoms with Crippen molar-refractivity contribution >= 4 is 46.6 Å². The van der Waals surface area contributed by atoms with Gasteiger partial charge in [-0.1, -0.05) is 48.7 Å². The first-order valence-electron chi connectivity index (χ1n) is 7.32. The molecule has 1 heterocycles. The molecule has 0 bridgehead atoms. The maximum absolute atomic E-state index is 11.2. The summed E-state index contributed by atoms with van der Waals surface area (Å²) >= 11 is 18.4. The Labute approximate surface area is 164 Å². The zero-order valence-corrected chi connectivity index (χ0v) is 16.0. The number of amides is 1. The molecule has 1 amide bonds. The molecule has 1 aromatic heterocycles. The lowest BCUT2D eigenvalue weighted by Gasteiger charge is -2.18. The molecular weight excluding hydrogens is 403 g/mol. The summed E-state index contributed by atoms with van der Waals surface area (Å²) in [7, 11) is 0. The van der Waals surface area contributed by atoms with Crippen molar-refractivity contribution in [2.45, 2.75) is 19.8 Å². The van der Waals surface area contributed by atoms with E-state index >= 15 is 0 Å². The Morgan fingerprint density at radius 2 is 1.88 bits per heavy atom. The fourth-order valence-corrected chi connectivity index (χ4v) is 2.93. The van der Waals surface area contributed by atoms with E-state index in [4.69, 9.17) is 44.8 Å². The Morgan fingerprint density at radius 3 is 2.38 bits per heavy atom. The molecule has 0 spiro atoms. The predicted molar refractivity (Wildman–Crippen MR) is 98.7 cm³/mol. The fraction of sp³-hybridized carbons (Fsp3) is 0.250. The van der Waals surface area contributed by atoms with Crippen molar-refractivity contribution in [3.05, 3.63) is 39.0 Å². The van der Waals surface area contributed by atoms with Crippen molar-refractivity contribution in [3.63, 3.8) is 0 Å². The molecule has 10 heteroatoms. The molecule has 0 saturated carbocycles. The smallest absolute Gasteiger partial charge is 0.412 e. The van der Waals surface area contributed by atoms with Crippen LogP contribution < -0.4 is 9.64 Å². The molecule has 0 fully saturated rings. The summed E-state index contributed by atoms with van der Waals surface area (Å²) in [5.74, 6) is 0.330. The van der Waals surface area contributed by atoms with Gasteiger partial charge in [-0.3, -0.25) is 4.90 Å². The van der Waals surface area contributed by atoms with E-state index in [1.807, 2.05) is 13.8 Å². The van der Waals surface area contributed by atoms with Gasteiger partial charge in [0.1, 0.15) is 6.54 Å². The number of hydrogen-bond acceptors (Lipinski definition) is 5. The highest BCUT2D eigenvalue weighted by atomic mass is 35.5. The van der Waals surface area contributed by atoms with E-state index in [0.29, 0.717) is 0 Å². The zero-order chi connectivity index (χ0) is 19.4. The highest BCUT2D eigenvalue weighted by molar-refractivity contribution is 6.37. The van der Waals surface area contributed by atoms with Crippen LogP contribution in [-0.4, -0.2) is 27.9 Å². The Balaban J connectivity index is 2.39. The Kier molecular flexibility index (Phi) is 6.48. The first kappa shape index (κ1) is 20.0. The van der Waals surface area contributed by atoms with Crippen molar-refractivity contribution < 1.29 is 14.6 Å². The second-order valence-electron chi connectivity index (χ2n) is 5.45. The molecule has 1 N–H and O–H groups in total. The number of rotatable bonds is 5. The molecule has 7 nitrogen and oxygen atoms in total. The van der Waals surface area contributed by atoms with Crippen LogP contribution in [0.25, 0.3) is 0 Å². The van der Waals surface area contributed by atoms with Crippen molar-refractivity contribution in [1.29, 1.82) is 5.26 Å². The molecule has 0 unspecified atom stereocenters. The van der Waals surface area contributed by atoms with Gasteiger partial charge >= 0.3 is 6.09 Å². The summed E-state index contributed by atoms with van der Waals surface area (Å²) in [4.78, 5) is 12.1. The second kappa shape index (κ2) is 8.41. The molecule has 2 aromatic rings. The molecule has 26 heavy (non-hydrogen) atoms. The van der Waals surface area contributed by atoms with E-state index in [-0.39, 0.29) is 45.0 Å². The zero-order valence-electron chi connectivity index (χ0n) is 13.7. The van der Waals surface area contributed by atoms with E-state index in [0.717, 1.165) is 10.5 Å². The molecule has 2 rings (SSSR count). The number of hydrogen-bond donors (Lipinski definition) is 1. The average molecular weight is 416 g/mol. The van der Waals surface area contributed by atoms with Crippen LogP contribution in [0.3, 0.4) is 0 Å². The van der Waals surface area contributed by atoms with Crippen LogP contribution >= 0.6 is 34.8 Å². The average Bonchev–Trinajstić information content (AvgIpc) is 2.56. The van der Waals surface area contributed by atoms with Gasteiger partial charge in [0, 0.05) is 6.07 Å². The van der Waals surface area contributed by atoms with E-state index in [9.17, 15) is 9.90 Å². The Morgan fingerprint density at radius 1 is 1.27 bits per heavy atom. The van der Waals surface area contributed by atoms with E-state index in [1.165, 1.54) is 12.1 Å². The summed E-state index contributed by atoms with van der Waals surface area (Å²) in [6, 6.07) is 6.05. The SMILES string of the molecule is CC(C)c1cc(Oc2c(Cl)cc(N(CC#N)C(=O)O)cc2Cl)nnc1Cl. The highest BCUT2D eigenvalue weighted by Crippen LogP contribution is 2.40. The van der Waals surface area contributed by atoms with Gasteiger partial charge in [-0.25, -0.2) is 4.79 Å². The molecule has 0 aliphatic rings. The number of anilines is 1. The summed E-state index contributed by atoms with van der Waals surface area (Å²) < 4.78 is 5.61. The number of carbonyl (C=O) groups is 1. The fourth-order valence-electron chi connectivity index (χ4n) is 2.07. The Hall–Kier alpha value is -2.27. The lowest BCUT2D eigenvalue weighted by molar-refractivity contribution is 0.202. The first-order valence-corrected chi connectivity index (χ1v) is 8.45. The van der Waals surface area contributed by atoms with Crippen molar-refractivity contribution in [2.24, 2.45) is 0 Å². The third-order valence-corrected chi connectivity index (χ3v) is 4.19. The number of nitriles is 1. The van der Waals surface area contributed by atoms with E-state index < -0.39 is 6.09 Å². The molecular formula is C16H13Cl3N4O3. The molecule has 0 saturated heterocycles. The second-order valence-corrected chi connectivity index (χ2v) is 6.62. The first-order chi connectivity index (χ1) is 12.2. The predicted octanol–water partition coefficient (Wildman–Crippen LogP) is 5.36. The quantitative estimate of drug-likeness (QED) is 0.660. The van der Waals surface area contributed by atoms with Gasteiger partial charge in [-0.15, -0.1) is 10.2 Å². The van der Waals surface area contributed by atoms with Gasteiger partial charge in [-0.05, 0) is 23.6 Å². The van der Waals surface area contributed by atoms with Crippen LogP contribution in [-0.2, 0) is 0 Å². The minimum atomic E-state index is -1.31. The van der Waals surface area contributed by atoms with Gasteiger partial charge in [-0.2, -0.15) is 5.26 Å². The molecule has 0 atom stereocenters. The number of nitrogens with zero attached hydrogens (tertiary/aromatic N) is 4. The van der Waals surface area contributed by atoms with Gasteiger partial charge in [0.15, 0.2) is 10.9 Å². The van der Waals surface area contributed by atoms with Crippen molar-refractivity contribution in [1.82, 2.24) is 10.2 Å². The molecule has 0 radical (unpaired) electrons. The van der Waals surface area contributed by atoms with Crippen molar-refractivity contribution in [3.8, 4) is 17.7 Å². The molecule has 1 aromatic carbocycles. The molecule has 0 aliphatic heterocycles. The van der Waals surface area contributed by atoms with Crippen LogP contribution in [0, 0.1) is 11.3 Å². The Bertz CT molecular complexity index is 861. The third kappa shape index (κ3) is 4.47. The lowest BCUT2D eigenvalue weighted by atomic mass is 10.1. The number of carboxylic acid groups (broad SMARTS) is 1. The molecule has 136 valence electrons. The normalized spacial score (nSPS) is 10.5. The van der Waals surface area contributed by atoms with Crippen molar-refractivity contribution in [2.75, 3.05) is 11.4 Å². The third-order valence-electron chi connectivity index (χ3n) is 3.34. The topological polar surface area (TPSA) is 99.3 Å². The minimum Gasteiger partial charge on any atom is -0.465 e.